The summed E-state index contributed by atoms with van der Waals surface area (Å²) in [5.74, 6) is 0.664. The predicted molar refractivity (Wildman–Crippen MR) is 58.9 cm³/mol. The van der Waals surface area contributed by atoms with Crippen molar-refractivity contribution in [3.8, 4) is 0 Å². The third kappa shape index (κ3) is 1.78. The Morgan fingerprint density at radius 3 is 2.41 bits per heavy atom. The Bertz CT molecular complexity index is 413. The van der Waals surface area contributed by atoms with Crippen molar-refractivity contribution in [2.45, 2.75) is 12.2 Å². The molecule has 1 aromatic carbocycles. The van der Waals surface area contributed by atoms with E-state index in [4.69, 9.17) is 0 Å². The molecule has 0 radical (unpaired) electrons. The average Bonchev–Trinajstić information content (AvgIpc) is 2.60. The smallest absolute Gasteiger partial charge is 0.366 e. The van der Waals surface area contributed by atoms with Gasteiger partial charge in [-0.3, -0.25) is 0 Å². The van der Waals surface area contributed by atoms with Gasteiger partial charge in [0.25, 0.3) is 0 Å². The Morgan fingerprint density at radius 2 is 1.82 bits per heavy atom. The van der Waals surface area contributed by atoms with E-state index in [2.05, 4.69) is 10.2 Å². The molecule has 2 nitrogen and oxygen atoms in total. The molecule has 0 spiro atoms. The Labute approximate surface area is 97.4 Å². The van der Waals surface area contributed by atoms with Crippen LogP contribution in [-0.2, 0) is 6.18 Å². The molecule has 2 aliphatic heterocycles. The maximum atomic E-state index is 12.4. The van der Waals surface area contributed by atoms with E-state index in [9.17, 15) is 13.2 Å². The molecule has 3 rings (SSSR count). The van der Waals surface area contributed by atoms with Gasteiger partial charge in [0.15, 0.2) is 0 Å². The molecular weight excluding hydrogens is 229 g/mol. The quantitative estimate of drug-likeness (QED) is 0.811. The Morgan fingerprint density at radius 1 is 1.12 bits per heavy atom. The molecule has 0 unspecified atom stereocenters. The van der Waals surface area contributed by atoms with Gasteiger partial charge in [-0.05, 0) is 24.3 Å². The van der Waals surface area contributed by atoms with Gasteiger partial charge in [0.2, 0.25) is 0 Å². The normalized spacial score (nSPS) is 27.8. The SMILES string of the molecule is FC(F)(F)c1ccc(N2C[C@H]3CNC[C@H]32)cc1. The molecule has 1 aromatic rings. The topological polar surface area (TPSA) is 15.3 Å². The summed E-state index contributed by atoms with van der Waals surface area (Å²) in [5, 5.41) is 3.30. The summed E-state index contributed by atoms with van der Waals surface area (Å²) in [5.41, 5.74) is 0.311. The number of benzene rings is 1. The van der Waals surface area contributed by atoms with E-state index in [0.717, 1.165) is 37.5 Å². The minimum Gasteiger partial charge on any atom is -0.366 e. The number of anilines is 1. The second kappa shape index (κ2) is 3.63. The first-order valence-corrected chi connectivity index (χ1v) is 5.70. The van der Waals surface area contributed by atoms with Crippen LogP contribution in [0.4, 0.5) is 18.9 Å². The van der Waals surface area contributed by atoms with E-state index in [1.54, 1.807) is 12.1 Å². The zero-order valence-corrected chi connectivity index (χ0v) is 9.17. The molecule has 0 aliphatic carbocycles. The molecular formula is C12H13F3N2. The summed E-state index contributed by atoms with van der Waals surface area (Å²) < 4.78 is 37.2. The largest absolute Gasteiger partial charge is 0.416 e. The van der Waals surface area contributed by atoms with Gasteiger partial charge in [0.1, 0.15) is 0 Å². The fourth-order valence-electron chi connectivity index (χ4n) is 2.66. The number of nitrogens with one attached hydrogen (secondary N) is 1. The summed E-state index contributed by atoms with van der Waals surface area (Å²) in [4.78, 5) is 2.17. The maximum absolute atomic E-state index is 12.4. The van der Waals surface area contributed by atoms with Crippen LogP contribution in [0.25, 0.3) is 0 Å². The standard InChI is InChI=1S/C12H13F3N2/c13-12(14,15)9-1-3-10(4-2-9)17-7-8-5-16-6-11(8)17/h1-4,8,11,16H,5-7H2/t8-,11-/m1/s1. The molecule has 1 N–H and O–H groups in total. The summed E-state index contributed by atoms with van der Waals surface area (Å²) in [6, 6.07) is 5.91. The van der Waals surface area contributed by atoms with Gasteiger partial charge in [-0.15, -0.1) is 0 Å². The lowest BCUT2D eigenvalue weighted by molar-refractivity contribution is -0.137. The van der Waals surface area contributed by atoms with Crippen molar-refractivity contribution in [1.29, 1.82) is 0 Å². The van der Waals surface area contributed by atoms with Crippen molar-refractivity contribution in [1.82, 2.24) is 5.32 Å². The number of alkyl halides is 3. The molecule has 5 heteroatoms. The number of hydrogen-bond donors (Lipinski definition) is 1. The molecule has 0 bridgehead atoms. The highest BCUT2D eigenvalue weighted by atomic mass is 19.4. The number of halogens is 3. The molecule has 2 atom stereocenters. The second-order valence-electron chi connectivity index (χ2n) is 4.68. The molecule has 92 valence electrons. The molecule has 2 fully saturated rings. The van der Waals surface area contributed by atoms with Gasteiger partial charge >= 0.3 is 6.18 Å². The van der Waals surface area contributed by atoms with Crippen LogP contribution in [0.15, 0.2) is 24.3 Å². The summed E-state index contributed by atoms with van der Waals surface area (Å²) in [6.07, 6.45) is -4.25. The van der Waals surface area contributed by atoms with Gasteiger partial charge in [-0.2, -0.15) is 13.2 Å². The molecule has 17 heavy (non-hydrogen) atoms. The van der Waals surface area contributed by atoms with Crippen LogP contribution < -0.4 is 10.2 Å². The Kier molecular flexibility index (Phi) is 2.33. The highest BCUT2D eigenvalue weighted by Crippen LogP contribution is 2.35. The Balaban J connectivity index is 1.77. The monoisotopic (exact) mass is 242 g/mol. The lowest BCUT2D eigenvalue weighted by Crippen LogP contribution is -2.55. The number of nitrogens with zero attached hydrogens (tertiary/aromatic N) is 1. The fraction of sp³-hybridized carbons (Fsp3) is 0.500. The van der Waals surface area contributed by atoms with Crippen molar-refractivity contribution in [3.63, 3.8) is 0 Å². The first-order chi connectivity index (χ1) is 8.05. The maximum Gasteiger partial charge on any atom is 0.416 e. The second-order valence-corrected chi connectivity index (χ2v) is 4.68. The highest BCUT2D eigenvalue weighted by Gasteiger charge is 2.42. The van der Waals surface area contributed by atoms with Crippen molar-refractivity contribution in [2.75, 3.05) is 24.5 Å². The van der Waals surface area contributed by atoms with Gasteiger partial charge in [-0.1, -0.05) is 0 Å². The van der Waals surface area contributed by atoms with Crippen LogP contribution in [0.1, 0.15) is 5.56 Å². The lowest BCUT2D eigenvalue weighted by atomic mass is 9.91. The molecule has 0 saturated carbocycles. The fourth-order valence-corrected chi connectivity index (χ4v) is 2.66. The summed E-state index contributed by atoms with van der Waals surface area (Å²) in [6.45, 7) is 2.91. The van der Waals surface area contributed by atoms with Crippen LogP contribution in [-0.4, -0.2) is 25.7 Å². The zero-order valence-electron chi connectivity index (χ0n) is 9.17. The molecule has 0 aromatic heterocycles. The first-order valence-electron chi connectivity index (χ1n) is 5.70. The van der Waals surface area contributed by atoms with Crippen LogP contribution in [0, 0.1) is 5.92 Å². The molecule has 0 amide bonds. The van der Waals surface area contributed by atoms with Crippen molar-refractivity contribution in [2.24, 2.45) is 5.92 Å². The molecule has 2 saturated heterocycles. The van der Waals surface area contributed by atoms with Crippen LogP contribution in [0.2, 0.25) is 0 Å². The van der Waals surface area contributed by atoms with E-state index < -0.39 is 11.7 Å². The minimum absolute atomic E-state index is 0.465. The predicted octanol–water partition coefficient (Wildman–Crippen LogP) is 2.11. The van der Waals surface area contributed by atoms with Gasteiger partial charge in [0.05, 0.1) is 5.56 Å². The van der Waals surface area contributed by atoms with E-state index in [-0.39, 0.29) is 0 Å². The third-order valence-electron chi connectivity index (χ3n) is 3.66. The van der Waals surface area contributed by atoms with Crippen molar-refractivity contribution < 1.29 is 13.2 Å². The number of fused-ring (bicyclic) bond motifs is 1. The lowest BCUT2D eigenvalue weighted by Gasteiger charge is -2.45. The molecule has 2 aliphatic rings. The van der Waals surface area contributed by atoms with Gasteiger partial charge < -0.3 is 10.2 Å². The Hall–Kier alpha value is -1.23. The van der Waals surface area contributed by atoms with Crippen LogP contribution >= 0.6 is 0 Å². The number of hydrogen-bond acceptors (Lipinski definition) is 2. The first kappa shape index (κ1) is 10.9. The van der Waals surface area contributed by atoms with E-state index in [1.807, 2.05) is 0 Å². The van der Waals surface area contributed by atoms with Crippen molar-refractivity contribution in [3.05, 3.63) is 29.8 Å². The van der Waals surface area contributed by atoms with E-state index >= 15 is 0 Å². The van der Waals surface area contributed by atoms with Crippen LogP contribution in [0.5, 0.6) is 0 Å². The average molecular weight is 242 g/mol. The molecule has 2 heterocycles. The van der Waals surface area contributed by atoms with E-state index in [0.29, 0.717) is 12.0 Å². The third-order valence-corrected chi connectivity index (χ3v) is 3.66. The number of rotatable bonds is 1. The van der Waals surface area contributed by atoms with E-state index in [1.165, 1.54) is 0 Å². The zero-order chi connectivity index (χ0) is 12.0. The summed E-state index contributed by atoms with van der Waals surface area (Å²) in [7, 11) is 0. The van der Waals surface area contributed by atoms with Gasteiger partial charge in [-0.25, -0.2) is 0 Å². The highest BCUT2D eigenvalue weighted by molar-refractivity contribution is 5.52. The van der Waals surface area contributed by atoms with Crippen molar-refractivity contribution >= 4 is 5.69 Å². The minimum atomic E-state index is -4.25. The van der Waals surface area contributed by atoms with Gasteiger partial charge in [0, 0.05) is 37.3 Å². The summed E-state index contributed by atoms with van der Waals surface area (Å²) >= 11 is 0. The van der Waals surface area contributed by atoms with Crippen LogP contribution in [0.3, 0.4) is 0 Å².